The summed E-state index contributed by atoms with van der Waals surface area (Å²) in [7, 11) is 2.02. The SMILES string of the molecule is CCOC1(c2cccnc2)C=CC(N2CCN(C(=O)c3ccc(F)cc3C(F)F)C[C@H]2CC)=C(C(=O)N[C@@H]2CCN(C)C2)N1. The van der Waals surface area contributed by atoms with Crippen molar-refractivity contribution in [2.24, 2.45) is 0 Å². The molecule has 2 N–H and O–H groups in total. The van der Waals surface area contributed by atoms with Gasteiger partial charge in [0.15, 0.2) is 5.72 Å². The second kappa shape index (κ2) is 13.4. The fourth-order valence-electron chi connectivity index (χ4n) is 6.23. The number of amides is 2. The number of rotatable bonds is 9. The molecular weight excluding hydrogens is 573 g/mol. The number of likely N-dealkylation sites (tertiary alicyclic amines) is 1. The maximum absolute atomic E-state index is 14.0. The molecule has 5 rings (SSSR count). The minimum absolute atomic E-state index is 0.00924. The van der Waals surface area contributed by atoms with E-state index in [1.165, 1.54) is 4.90 Å². The summed E-state index contributed by atoms with van der Waals surface area (Å²) in [6.07, 6.45) is 5.59. The van der Waals surface area contributed by atoms with Crippen molar-refractivity contribution in [3.8, 4) is 0 Å². The Morgan fingerprint density at radius 1 is 1.18 bits per heavy atom. The minimum Gasteiger partial charge on any atom is -0.363 e. The van der Waals surface area contributed by atoms with Crippen molar-refractivity contribution in [1.82, 2.24) is 30.3 Å². The lowest BCUT2D eigenvalue weighted by molar-refractivity contribution is -0.120. The normalized spacial score (nSPS) is 24.2. The number of hydrogen-bond donors (Lipinski definition) is 2. The van der Waals surface area contributed by atoms with E-state index in [2.05, 4.69) is 25.4 Å². The highest BCUT2D eigenvalue weighted by Gasteiger charge is 2.40. The molecule has 1 unspecified atom stereocenters. The molecule has 1 aromatic carbocycles. The van der Waals surface area contributed by atoms with E-state index in [0.29, 0.717) is 37.0 Å². The lowest BCUT2D eigenvalue weighted by Crippen LogP contribution is -2.57. The van der Waals surface area contributed by atoms with Gasteiger partial charge in [-0.05, 0) is 69.8 Å². The number of pyridine rings is 1. The third kappa shape index (κ3) is 6.46. The Morgan fingerprint density at radius 3 is 2.66 bits per heavy atom. The second-order valence-corrected chi connectivity index (χ2v) is 11.4. The van der Waals surface area contributed by atoms with Gasteiger partial charge in [-0.2, -0.15) is 0 Å². The largest absolute Gasteiger partial charge is 0.363 e. The first-order valence-corrected chi connectivity index (χ1v) is 15.0. The van der Waals surface area contributed by atoms with E-state index in [1.807, 2.05) is 45.2 Å². The van der Waals surface area contributed by atoms with Gasteiger partial charge in [0.05, 0.1) is 5.70 Å². The van der Waals surface area contributed by atoms with Crippen LogP contribution in [0.2, 0.25) is 0 Å². The Hall–Kier alpha value is -3.90. The third-order valence-electron chi connectivity index (χ3n) is 8.49. The molecule has 0 saturated carbocycles. The highest BCUT2D eigenvalue weighted by atomic mass is 19.3. The van der Waals surface area contributed by atoms with Gasteiger partial charge >= 0.3 is 0 Å². The predicted molar refractivity (Wildman–Crippen MR) is 159 cm³/mol. The Morgan fingerprint density at radius 2 is 2.00 bits per heavy atom. The maximum atomic E-state index is 14.0. The molecule has 9 nitrogen and oxygen atoms in total. The molecule has 0 spiro atoms. The molecule has 2 saturated heterocycles. The number of likely N-dealkylation sites (N-methyl/N-ethyl adjacent to an activating group) is 1. The first-order chi connectivity index (χ1) is 21.2. The molecule has 3 aliphatic heterocycles. The van der Waals surface area contributed by atoms with Crippen LogP contribution >= 0.6 is 0 Å². The number of hydrogen-bond acceptors (Lipinski definition) is 7. The number of carbonyl (C=O) groups is 2. The van der Waals surface area contributed by atoms with Gasteiger partial charge in [-0.1, -0.05) is 13.0 Å². The van der Waals surface area contributed by atoms with Crippen molar-refractivity contribution >= 4 is 11.8 Å². The zero-order valence-electron chi connectivity index (χ0n) is 25.2. The van der Waals surface area contributed by atoms with Crippen molar-refractivity contribution in [2.75, 3.05) is 46.4 Å². The smallest absolute Gasteiger partial charge is 0.269 e. The fourth-order valence-corrected chi connectivity index (χ4v) is 6.23. The van der Waals surface area contributed by atoms with Gasteiger partial charge in [-0.3, -0.25) is 14.6 Å². The van der Waals surface area contributed by atoms with E-state index < -0.39 is 29.4 Å². The van der Waals surface area contributed by atoms with Crippen LogP contribution in [0.1, 0.15) is 54.6 Å². The lowest BCUT2D eigenvalue weighted by Gasteiger charge is -2.46. The number of halogens is 3. The highest BCUT2D eigenvalue weighted by molar-refractivity contribution is 5.96. The topological polar surface area (TPSA) is 90.0 Å². The standard InChI is InChI=1S/C32H39F3N6O3/c1-4-24-20-40(31(43)25-9-8-22(33)17-26(25)29(34)35)15-16-41(24)27-10-12-32(44-5-2,21-7-6-13-36-18-21)38-28(27)30(42)37-23-11-14-39(3)19-23/h6-10,12-13,17-18,23-24,29,38H,4-5,11,14-16,19-20H2,1-3H3,(H,37,42)/t23-,24-,32?/m1/s1. The monoisotopic (exact) mass is 612 g/mol. The van der Waals surface area contributed by atoms with E-state index in [9.17, 15) is 22.8 Å². The van der Waals surface area contributed by atoms with Gasteiger partial charge in [0.1, 0.15) is 11.5 Å². The molecule has 0 aliphatic carbocycles. The number of aromatic nitrogens is 1. The van der Waals surface area contributed by atoms with Crippen molar-refractivity contribution in [3.63, 3.8) is 0 Å². The highest BCUT2D eigenvalue weighted by Crippen LogP contribution is 2.34. The molecule has 4 heterocycles. The number of dihydropyridines is 1. The van der Waals surface area contributed by atoms with Gasteiger partial charge in [-0.15, -0.1) is 0 Å². The molecule has 12 heteroatoms. The van der Waals surface area contributed by atoms with Crippen molar-refractivity contribution in [3.05, 3.63) is 88.8 Å². The number of carbonyl (C=O) groups excluding carboxylic acids is 2. The third-order valence-corrected chi connectivity index (χ3v) is 8.49. The van der Waals surface area contributed by atoms with E-state index in [-0.39, 0.29) is 36.6 Å². The molecular formula is C32H39F3N6O3. The van der Waals surface area contributed by atoms with Crippen LogP contribution in [0.15, 0.2) is 66.3 Å². The summed E-state index contributed by atoms with van der Waals surface area (Å²) in [4.78, 5) is 37.4. The number of nitrogens with one attached hydrogen (secondary N) is 2. The van der Waals surface area contributed by atoms with Crippen LogP contribution in [-0.4, -0.2) is 90.0 Å². The van der Waals surface area contributed by atoms with Crippen LogP contribution in [0.5, 0.6) is 0 Å². The van der Waals surface area contributed by atoms with Crippen molar-refractivity contribution < 1.29 is 27.5 Å². The molecule has 2 aromatic rings. The van der Waals surface area contributed by atoms with E-state index in [0.717, 1.165) is 37.2 Å². The minimum atomic E-state index is -2.98. The van der Waals surface area contributed by atoms with Crippen LogP contribution in [-0.2, 0) is 15.3 Å². The van der Waals surface area contributed by atoms with E-state index >= 15 is 0 Å². The van der Waals surface area contributed by atoms with Gasteiger partial charge < -0.3 is 30.1 Å². The van der Waals surface area contributed by atoms with Gasteiger partial charge in [0.2, 0.25) is 0 Å². The first-order valence-electron chi connectivity index (χ1n) is 15.0. The van der Waals surface area contributed by atoms with E-state index in [1.54, 1.807) is 12.4 Å². The van der Waals surface area contributed by atoms with E-state index in [4.69, 9.17) is 4.74 Å². The van der Waals surface area contributed by atoms with Crippen molar-refractivity contribution in [2.45, 2.75) is 50.9 Å². The van der Waals surface area contributed by atoms with Crippen LogP contribution in [0.4, 0.5) is 13.2 Å². The molecule has 1 aromatic heterocycles. The summed E-state index contributed by atoms with van der Waals surface area (Å²) in [5.74, 6) is -1.65. The fraction of sp³-hybridized carbons (Fsp3) is 0.469. The van der Waals surface area contributed by atoms with Crippen LogP contribution in [0.3, 0.4) is 0 Å². The molecule has 3 atom stereocenters. The molecule has 44 heavy (non-hydrogen) atoms. The lowest BCUT2D eigenvalue weighted by atomic mass is 9.97. The summed E-state index contributed by atoms with van der Waals surface area (Å²) >= 11 is 0. The number of ether oxygens (including phenoxy) is 1. The quantitative estimate of drug-likeness (QED) is 0.446. The zero-order chi connectivity index (χ0) is 31.4. The van der Waals surface area contributed by atoms with Gasteiger partial charge in [-0.25, -0.2) is 13.2 Å². The summed E-state index contributed by atoms with van der Waals surface area (Å²) in [5, 5.41) is 6.59. The molecule has 236 valence electrons. The Balaban J connectivity index is 1.46. The molecule has 0 bridgehead atoms. The maximum Gasteiger partial charge on any atom is 0.269 e. The second-order valence-electron chi connectivity index (χ2n) is 11.4. The molecule has 0 radical (unpaired) electrons. The molecule has 2 amide bonds. The zero-order valence-corrected chi connectivity index (χ0v) is 25.2. The number of piperazine rings is 1. The Kier molecular flexibility index (Phi) is 9.59. The summed E-state index contributed by atoms with van der Waals surface area (Å²) in [6, 6.07) is 6.33. The molecule has 3 aliphatic rings. The first kappa shape index (κ1) is 31.5. The number of alkyl halides is 2. The van der Waals surface area contributed by atoms with Crippen LogP contribution in [0, 0.1) is 5.82 Å². The average Bonchev–Trinajstić information content (AvgIpc) is 3.44. The van der Waals surface area contributed by atoms with Crippen molar-refractivity contribution in [1.29, 1.82) is 0 Å². The summed E-state index contributed by atoms with van der Waals surface area (Å²) < 4.78 is 47.3. The van der Waals surface area contributed by atoms with Gasteiger partial charge in [0, 0.05) is 74.0 Å². The average molecular weight is 613 g/mol. The number of allylic oxidation sites excluding steroid dienone is 1. The Labute approximate surface area is 255 Å². The number of benzene rings is 1. The Bertz CT molecular complexity index is 1420. The van der Waals surface area contributed by atoms with Crippen LogP contribution in [0.25, 0.3) is 0 Å². The summed E-state index contributed by atoms with van der Waals surface area (Å²) in [5.41, 5.74) is -0.216. The van der Waals surface area contributed by atoms with Crippen LogP contribution < -0.4 is 10.6 Å². The summed E-state index contributed by atoms with van der Waals surface area (Å²) in [6.45, 7) is 6.68. The molecule has 2 fully saturated rings. The number of nitrogens with zero attached hydrogens (tertiary/aromatic N) is 4. The predicted octanol–water partition coefficient (Wildman–Crippen LogP) is 3.78. The van der Waals surface area contributed by atoms with Gasteiger partial charge in [0.25, 0.3) is 18.2 Å².